The van der Waals surface area contributed by atoms with Crippen molar-refractivity contribution in [3.05, 3.63) is 59.1 Å². The second kappa shape index (κ2) is 4.44. The minimum atomic E-state index is -0.525. The summed E-state index contributed by atoms with van der Waals surface area (Å²) in [5.74, 6) is -0.525. The minimum Gasteiger partial charge on any atom is -0.366 e. The van der Waals surface area contributed by atoms with Crippen LogP contribution >= 0.6 is 11.6 Å². The summed E-state index contributed by atoms with van der Waals surface area (Å²) in [5, 5.41) is 1.49. The van der Waals surface area contributed by atoms with Crippen molar-refractivity contribution in [3.8, 4) is 11.3 Å². The van der Waals surface area contributed by atoms with Crippen molar-refractivity contribution in [2.24, 2.45) is 5.73 Å². The number of fused-ring (bicyclic) bond motifs is 1. The maximum atomic E-state index is 11.3. The van der Waals surface area contributed by atoms with Crippen LogP contribution < -0.4 is 5.73 Å². The number of para-hydroxylation sites is 1. The van der Waals surface area contributed by atoms with Gasteiger partial charge in [-0.1, -0.05) is 35.9 Å². The molecule has 0 saturated carbocycles. The Morgan fingerprint density at radius 1 is 1.11 bits per heavy atom. The van der Waals surface area contributed by atoms with Crippen LogP contribution in [-0.2, 0) is 0 Å². The zero-order chi connectivity index (χ0) is 13.4. The van der Waals surface area contributed by atoms with Crippen molar-refractivity contribution in [3.63, 3.8) is 0 Å². The van der Waals surface area contributed by atoms with Crippen LogP contribution in [0, 0.1) is 0 Å². The van der Waals surface area contributed by atoms with E-state index in [-0.39, 0.29) is 0 Å². The fourth-order valence-electron chi connectivity index (χ4n) is 2.11. The topological polar surface area (TPSA) is 58.9 Å². The van der Waals surface area contributed by atoms with Crippen LogP contribution in [0.1, 0.15) is 10.4 Å². The molecule has 94 valence electrons. The zero-order valence-corrected chi connectivity index (χ0v) is 10.7. The zero-order valence-electron chi connectivity index (χ0n) is 9.98. The molecule has 0 aliphatic carbocycles. The summed E-state index contributed by atoms with van der Waals surface area (Å²) < 4.78 is 0. The van der Waals surface area contributed by atoms with Gasteiger partial charge in [0.2, 0.25) is 5.91 Å². The molecule has 3 nitrogen and oxygen atoms in total. The third-order valence-corrected chi connectivity index (χ3v) is 3.40. The Hall–Kier alpha value is -2.26. The number of nitrogens with one attached hydrogen (secondary N) is 1. The average molecular weight is 271 g/mol. The maximum absolute atomic E-state index is 11.3. The lowest BCUT2D eigenvalue weighted by molar-refractivity contribution is 0.100. The van der Waals surface area contributed by atoms with E-state index in [2.05, 4.69) is 4.98 Å². The third kappa shape index (κ3) is 2.09. The van der Waals surface area contributed by atoms with Gasteiger partial charge in [0.1, 0.15) is 0 Å². The minimum absolute atomic E-state index is 0.331. The van der Waals surface area contributed by atoms with E-state index in [0.29, 0.717) is 10.6 Å². The second-order valence-electron chi connectivity index (χ2n) is 4.33. The Morgan fingerprint density at radius 2 is 1.89 bits per heavy atom. The first-order valence-corrected chi connectivity index (χ1v) is 6.20. The summed E-state index contributed by atoms with van der Waals surface area (Å²) in [6.07, 6.45) is 0. The van der Waals surface area contributed by atoms with Gasteiger partial charge < -0.3 is 10.7 Å². The number of aromatic amines is 1. The molecule has 1 aromatic heterocycles. The van der Waals surface area contributed by atoms with E-state index in [4.69, 9.17) is 17.3 Å². The molecule has 0 bridgehead atoms. The number of halogens is 1. The van der Waals surface area contributed by atoms with Crippen LogP contribution in [0.4, 0.5) is 0 Å². The van der Waals surface area contributed by atoms with Gasteiger partial charge in [0.25, 0.3) is 0 Å². The van der Waals surface area contributed by atoms with Gasteiger partial charge in [-0.2, -0.15) is 0 Å². The first-order chi connectivity index (χ1) is 9.15. The highest BCUT2D eigenvalue weighted by molar-refractivity contribution is 6.33. The number of carbonyl (C=O) groups excluding carboxylic acids is 1. The number of aromatic nitrogens is 1. The molecule has 3 N–H and O–H groups in total. The SMILES string of the molecule is NC(=O)c1cc(-c2cc3ccccc3[nH]2)ccc1Cl. The van der Waals surface area contributed by atoms with E-state index in [1.807, 2.05) is 36.4 Å². The van der Waals surface area contributed by atoms with E-state index in [9.17, 15) is 4.79 Å². The highest BCUT2D eigenvalue weighted by atomic mass is 35.5. The second-order valence-corrected chi connectivity index (χ2v) is 4.74. The molecule has 4 heteroatoms. The van der Waals surface area contributed by atoms with E-state index < -0.39 is 5.91 Å². The van der Waals surface area contributed by atoms with E-state index in [1.54, 1.807) is 12.1 Å². The normalized spacial score (nSPS) is 10.8. The standard InChI is InChI=1S/C15H11ClN2O/c16-12-6-5-10(7-11(12)15(17)19)14-8-9-3-1-2-4-13(9)18-14/h1-8,18H,(H2,17,19). The number of rotatable bonds is 2. The summed E-state index contributed by atoms with van der Waals surface area (Å²) in [5.41, 5.74) is 8.50. The van der Waals surface area contributed by atoms with Gasteiger partial charge in [-0.05, 0) is 29.8 Å². The smallest absolute Gasteiger partial charge is 0.250 e. The fraction of sp³-hybridized carbons (Fsp3) is 0. The molecule has 1 amide bonds. The van der Waals surface area contributed by atoms with Gasteiger partial charge in [-0.3, -0.25) is 4.79 Å². The van der Waals surface area contributed by atoms with Crippen molar-refractivity contribution in [1.29, 1.82) is 0 Å². The summed E-state index contributed by atoms with van der Waals surface area (Å²) in [7, 11) is 0. The molecule has 3 rings (SSSR count). The van der Waals surface area contributed by atoms with Crippen LogP contribution in [0.25, 0.3) is 22.2 Å². The molecule has 0 fully saturated rings. The number of nitrogens with two attached hydrogens (primary N) is 1. The van der Waals surface area contributed by atoms with Gasteiger partial charge in [-0.25, -0.2) is 0 Å². The summed E-state index contributed by atoms with van der Waals surface area (Å²) in [6, 6.07) is 15.3. The summed E-state index contributed by atoms with van der Waals surface area (Å²) in [4.78, 5) is 14.6. The van der Waals surface area contributed by atoms with Crippen LogP contribution in [0.5, 0.6) is 0 Å². The molecule has 0 aliphatic rings. The Bertz CT molecular complexity index is 744. The molecule has 0 aliphatic heterocycles. The third-order valence-electron chi connectivity index (χ3n) is 3.07. The van der Waals surface area contributed by atoms with Crippen LogP contribution in [0.15, 0.2) is 48.5 Å². The summed E-state index contributed by atoms with van der Waals surface area (Å²) in [6.45, 7) is 0. The Balaban J connectivity index is 2.16. The maximum Gasteiger partial charge on any atom is 0.250 e. The number of hydrogen-bond acceptors (Lipinski definition) is 1. The monoisotopic (exact) mass is 270 g/mol. The molecule has 0 radical (unpaired) electrons. The first-order valence-electron chi connectivity index (χ1n) is 5.82. The largest absolute Gasteiger partial charge is 0.366 e. The molecule has 1 heterocycles. The number of hydrogen-bond donors (Lipinski definition) is 2. The van der Waals surface area contributed by atoms with Gasteiger partial charge in [0, 0.05) is 16.6 Å². The number of primary amides is 1. The molecular formula is C15H11ClN2O. The molecule has 19 heavy (non-hydrogen) atoms. The van der Waals surface area contributed by atoms with E-state index in [0.717, 1.165) is 22.2 Å². The summed E-state index contributed by atoms with van der Waals surface area (Å²) >= 11 is 5.95. The molecule has 2 aromatic carbocycles. The van der Waals surface area contributed by atoms with Gasteiger partial charge in [0.15, 0.2) is 0 Å². The Kier molecular flexibility index (Phi) is 2.76. The van der Waals surface area contributed by atoms with Crippen molar-refractivity contribution in [1.82, 2.24) is 4.98 Å². The van der Waals surface area contributed by atoms with Crippen LogP contribution in [0.2, 0.25) is 5.02 Å². The highest BCUT2D eigenvalue weighted by Gasteiger charge is 2.10. The highest BCUT2D eigenvalue weighted by Crippen LogP contribution is 2.27. The average Bonchev–Trinajstić information content (AvgIpc) is 2.82. The van der Waals surface area contributed by atoms with Crippen molar-refractivity contribution >= 4 is 28.4 Å². The quantitative estimate of drug-likeness (QED) is 0.734. The Morgan fingerprint density at radius 3 is 2.63 bits per heavy atom. The lowest BCUT2D eigenvalue weighted by Gasteiger charge is -2.03. The van der Waals surface area contributed by atoms with Crippen molar-refractivity contribution < 1.29 is 4.79 Å². The molecule has 3 aromatic rings. The number of H-pyrrole nitrogens is 1. The van der Waals surface area contributed by atoms with E-state index >= 15 is 0 Å². The number of carbonyl (C=O) groups is 1. The van der Waals surface area contributed by atoms with Gasteiger partial charge in [0.05, 0.1) is 10.6 Å². The first kappa shape index (κ1) is 11.8. The van der Waals surface area contributed by atoms with Gasteiger partial charge in [-0.15, -0.1) is 0 Å². The lowest BCUT2D eigenvalue weighted by atomic mass is 10.1. The predicted molar refractivity (Wildman–Crippen MR) is 77.3 cm³/mol. The fourth-order valence-corrected chi connectivity index (χ4v) is 2.32. The van der Waals surface area contributed by atoms with E-state index in [1.165, 1.54) is 0 Å². The number of amides is 1. The van der Waals surface area contributed by atoms with Crippen LogP contribution in [-0.4, -0.2) is 10.9 Å². The molecule has 0 unspecified atom stereocenters. The van der Waals surface area contributed by atoms with Gasteiger partial charge >= 0.3 is 0 Å². The van der Waals surface area contributed by atoms with Crippen LogP contribution in [0.3, 0.4) is 0 Å². The Labute approximate surface area is 115 Å². The molecule has 0 spiro atoms. The lowest BCUT2D eigenvalue weighted by Crippen LogP contribution is -2.11. The molecule has 0 saturated heterocycles. The van der Waals surface area contributed by atoms with Crippen molar-refractivity contribution in [2.75, 3.05) is 0 Å². The van der Waals surface area contributed by atoms with Crippen molar-refractivity contribution in [2.45, 2.75) is 0 Å². The molecule has 0 atom stereocenters. The predicted octanol–water partition coefficient (Wildman–Crippen LogP) is 3.59. The molecular weight excluding hydrogens is 260 g/mol. The number of benzene rings is 2.